The van der Waals surface area contributed by atoms with Gasteiger partial charge in [0.15, 0.2) is 0 Å². The average molecular weight is 433 g/mol. The van der Waals surface area contributed by atoms with Gasteiger partial charge >= 0.3 is 0 Å². The standard InChI is InChI=1S/C9H15N.C8H15N.2C5H11N/c1-7-2-9-3-8(1)5-10(4-7)6-9;1-2-7-4-8(3-1)6-9-5-7;2*1-2-4-6-5-3-1/h7-9H,1-6H2;7-9H,1-6H2;2*6H,1-5H2. The molecule has 0 radical (unpaired) electrons. The van der Waals surface area contributed by atoms with Crippen LogP contribution in [0.25, 0.3) is 0 Å². The molecule has 6 aliphatic heterocycles. The maximum absolute atomic E-state index is 3.49. The van der Waals surface area contributed by atoms with Crippen molar-refractivity contribution in [2.45, 2.75) is 83.5 Å². The van der Waals surface area contributed by atoms with Gasteiger partial charge in [0.1, 0.15) is 0 Å². The van der Waals surface area contributed by atoms with Gasteiger partial charge in [-0.2, -0.15) is 0 Å². The molecular formula is C27H52N4. The Hall–Kier alpha value is -0.160. The Kier molecular flexibility index (Phi) is 10.5. The highest BCUT2D eigenvalue weighted by Crippen LogP contribution is 2.42. The van der Waals surface area contributed by atoms with Crippen molar-refractivity contribution in [1.82, 2.24) is 20.9 Å². The van der Waals surface area contributed by atoms with Gasteiger partial charge in [0.2, 0.25) is 0 Å². The van der Waals surface area contributed by atoms with Crippen molar-refractivity contribution < 1.29 is 0 Å². The van der Waals surface area contributed by atoms with Crippen LogP contribution in [0.5, 0.6) is 0 Å². The number of piperidine rings is 6. The van der Waals surface area contributed by atoms with Crippen molar-refractivity contribution >= 4 is 0 Å². The summed E-state index contributed by atoms with van der Waals surface area (Å²) in [5.74, 6) is 5.39. The van der Waals surface area contributed by atoms with Gasteiger partial charge in [0, 0.05) is 19.6 Å². The molecule has 0 aromatic heterocycles. The monoisotopic (exact) mass is 432 g/mol. The van der Waals surface area contributed by atoms with E-state index in [0.717, 1.165) is 29.6 Å². The second kappa shape index (κ2) is 13.5. The average Bonchev–Trinajstić information content (AvgIpc) is 2.82. The Labute approximate surface area is 193 Å². The fraction of sp³-hybridized carbons (Fsp3) is 1.00. The van der Waals surface area contributed by atoms with E-state index >= 15 is 0 Å². The van der Waals surface area contributed by atoms with Crippen molar-refractivity contribution in [3.05, 3.63) is 0 Å². The summed E-state index contributed by atoms with van der Waals surface area (Å²) in [5.41, 5.74) is 0. The van der Waals surface area contributed by atoms with Crippen LogP contribution in [0.4, 0.5) is 0 Å². The second-order valence-corrected chi connectivity index (χ2v) is 11.7. The van der Waals surface area contributed by atoms with E-state index in [1.54, 1.807) is 19.3 Å². The van der Waals surface area contributed by atoms with Crippen molar-refractivity contribution in [1.29, 1.82) is 0 Å². The lowest BCUT2D eigenvalue weighted by Crippen LogP contribution is -2.53. The molecule has 0 aromatic carbocycles. The Morgan fingerprint density at radius 3 is 1.13 bits per heavy atom. The van der Waals surface area contributed by atoms with Crippen molar-refractivity contribution in [3.63, 3.8) is 0 Å². The van der Waals surface area contributed by atoms with Gasteiger partial charge < -0.3 is 20.9 Å². The Balaban J connectivity index is 0.000000102. The summed E-state index contributed by atoms with van der Waals surface area (Å²) < 4.78 is 0. The first kappa shape index (κ1) is 24.0. The summed E-state index contributed by atoms with van der Waals surface area (Å²) in [7, 11) is 0. The molecule has 2 aliphatic carbocycles. The maximum atomic E-state index is 3.49. The fourth-order valence-electron chi connectivity index (χ4n) is 7.34. The van der Waals surface area contributed by atoms with Crippen LogP contribution >= 0.6 is 0 Å². The topological polar surface area (TPSA) is 39.3 Å². The van der Waals surface area contributed by atoms with Crippen LogP contribution < -0.4 is 16.0 Å². The molecule has 31 heavy (non-hydrogen) atoms. The lowest BCUT2D eigenvalue weighted by Gasteiger charge is -2.51. The smallest absolute Gasteiger partial charge is 0.00101 e. The van der Waals surface area contributed by atoms with Crippen LogP contribution in [0.15, 0.2) is 0 Å². The molecule has 2 atom stereocenters. The van der Waals surface area contributed by atoms with Gasteiger partial charge in [-0.25, -0.2) is 0 Å². The second-order valence-electron chi connectivity index (χ2n) is 11.7. The molecule has 3 N–H and O–H groups in total. The first-order chi connectivity index (χ1) is 15.3. The molecule has 6 heterocycles. The molecule has 2 saturated carbocycles. The SMILES string of the molecule is C1C2CC3CC1CN(C2)C3.C1CC2CNCC(C1)C2.C1CCNCC1.C1CCNCC1. The minimum absolute atomic E-state index is 1.04. The number of nitrogens with zero attached hydrogens (tertiary/aromatic N) is 1. The van der Waals surface area contributed by atoms with Gasteiger partial charge in [0.05, 0.1) is 0 Å². The third-order valence-corrected chi connectivity index (χ3v) is 8.72. The highest BCUT2D eigenvalue weighted by Gasteiger charge is 2.40. The quantitative estimate of drug-likeness (QED) is 0.535. The predicted molar refractivity (Wildman–Crippen MR) is 133 cm³/mol. The van der Waals surface area contributed by atoms with Crippen LogP contribution in [0.1, 0.15) is 83.5 Å². The van der Waals surface area contributed by atoms with Gasteiger partial charge in [0.25, 0.3) is 0 Å². The van der Waals surface area contributed by atoms with E-state index in [1.807, 2.05) is 0 Å². The lowest BCUT2D eigenvalue weighted by molar-refractivity contribution is -0.0169. The van der Waals surface area contributed by atoms with Crippen LogP contribution in [0, 0.1) is 29.6 Å². The molecule has 8 aliphatic rings. The number of rotatable bonds is 0. The first-order valence-electron chi connectivity index (χ1n) is 14.2. The molecule has 0 spiro atoms. The summed E-state index contributed by atoms with van der Waals surface area (Å²) in [6.45, 7) is 11.9. The summed E-state index contributed by atoms with van der Waals surface area (Å²) in [6, 6.07) is 0. The molecule has 6 bridgehead atoms. The van der Waals surface area contributed by atoms with Crippen molar-refractivity contribution in [3.8, 4) is 0 Å². The van der Waals surface area contributed by atoms with E-state index in [4.69, 9.17) is 0 Å². The third kappa shape index (κ3) is 8.61. The summed E-state index contributed by atoms with van der Waals surface area (Å²) in [4.78, 5) is 2.69. The predicted octanol–water partition coefficient (Wildman–Crippen LogP) is 4.26. The number of hydrogen-bond donors (Lipinski definition) is 3. The van der Waals surface area contributed by atoms with Crippen molar-refractivity contribution in [2.75, 3.05) is 58.9 Å². The normalized spacial score (nSPS) is 40.3. The van der Waals surface area contributed by atoms with Crippen LogP contribution in [-0.2, 0) is 0 Å². The zero-order chi connectivity index (χ0) is 21.1. The van der Waals surface area contributed by atoms with E-state index in [0.29, 0.717) is 0 Å². The molecule has 0 aromatic rings. The zero-order valence-corrected chi connectivity index (χ0v) is 20.4. The Morgan fingerprint density at radius 1 is 0.419 bits per heavy atom. The summed E-state index contributed by atoms with van der Waals surface area (Å²) in [5, 5.41) is 10.1. The van der Waals surface area contributed by atoms with E-state index in [-0.39, 0.29) is 0 Å². The van der Waals surface area contributed by atoms with E-state index < -0.39 is 0 Å². The zero-order valence-electron chi connectivity index (χ0n) is 20.4. The molecule has 180 valence electrons. The highest BCUT2D eigenvalue weighted by atomic mass is 15.2. The summed E-state index contributed by atoms with van der Waals surface area (Å²) in [6.07, 6.45) is 19.1. The largest absolute Gasteiger partial charge is 0.317 e. The van der Waals surface area contributed by atoms with Gasteiger partial charge in [-0.05, 0) is 133 Å². The highest BCUT2D eigenvalue weighted by molar-refractivity contribution is 4.93. The molecule has 8 rings (SSSR count). The first-order valence-corrected chi connectivity index (χ1v) is 14.2. The molecule has 4 heteroatoms. The van der Waals surface area contributed by atoms with E-state index in [2.05, 4.69) is 20.9 Å². The van der Waals surface area contributed by atoms with Gasteiger partial charge in [-0.3, -0.25) is 0 Å². The minimum Gasteiger partial charge on any atom is -0.317 e. The van der Waals surface area contributed by atoms with Gasteiger partial charge in [-0.1, -0.05) is 19.3 Å². The Morgan fingerprint density at radius 2 is 0.839 bits per heavy atom. The number of fused-ring (bicyclic) bond motifs is 2. The Bertz CT molecular complexity index is 362. The summed E-state index contributed by atoms with van der Waals surface area (Å²) >= 11 is 0. The number of nitrogens with one attached hydrogen (secondary N) is 3. The molecule has 4 nitrogen and oxygen atoms in total. The van der Waals surface area contributed by atoms with Crippen LogP contribution in [0.2, 0.25) is 0 Å². The van der Waals surface area contributed by atoms with Crippen molar-refractivity contribution in [2.24, 2.45) is 29.6 Å². The molecule has 8 fully saturated rings. The maximum Gasteiger partial charge on any atom is 0.00101 e. The van der Waals surface area contributed by atoms with E-state index in [9.17, 15) is 0 Å². The molecule has 0 amide bonds. The van der Waals surface area contributed by atoms with Crippen LogP contribution in [-0.4, -0.2) is 63.8 Å². The fourth-order valence-corrected chi connectivity index (χ4v) is 7.34. The van der Waals surface area contributed by atoms with Crippen LogP contribution in [0.3, 0.4) is 0 Å². The van der Waals surface area contributed by atoms with Gasteiger partial charge in [-0.15, -0.1) is 0 Å². The third-order valence-electron chi connectivity index (χ3n) is 8.72. The molecule has 2 unspecified atom stereocenters. The number of hydrogen-bond acceptors (Lipinski definition) is 4. The minimum atomic E-state index is 1.04. The van der Waals surface area contributed by atoms with E-state index in [1.165, 1.54) is 123 Å². The molecule has 6 saturated heterocycles. The molecular weight excluding hydrogens is 380 g/mol. The lowest BCUT2D eigenvalue weighted by atomic mass is 9.68.